The van der Waals surface area contributed by atoms with E-state index in [9.17, 15) is 0 Å². The molecule has 2 aliphatic carbocycles. The first-order valence-electron chi connectivity index (χ1n) is 8.05. The van der Waals surface area contributed by atoms with Gasteiger partial charge in [-0.15, -0.1) is 24.0 Å². The van der Waals surface area contributed by atoms with Crippen LogP contribution in [0.15, 0.2) is 4.99 Å². The monoisotopic (exact) mass is 391 g/mol. The zero-order chi connectivity index (χ0) is 13.5. The second-order valence-corrected chi connectivity index (χ2v) is 7.60. The molecule has 1 saturated heterocycles. The number of nitrogens with one attached hydrogen (secondary N) is 1. The van der Waals surface area contributed by atoms with Crippen LogP contribution < -0.4 is 5.32 Å². The largest absolute Gasteiger partial charge is 0.356 e. The van der Waals surface area contributed by atoms with Crippen molar-refractivity contribution in [1.29, 1.82) is 0 Å². The van der Waals surface area contributed by atoms with Crippen LogP contribution in [0.2, 0.25) is 0 Å². The highest BCUT2D eigenvalue weighted by Gasteiger charge is 2.41. The number of hydrogen-bond acceptors (Lipinski definition) is 1. The molecule has 3 nitrogen and oxygen atoms in total. The van der Waals surface area contributed by atoms with Gasteiger partial charge in [-0.1, -0.05) is 13.8 Å². The minimum absolute atomic E-state index is 0. The third-order valence-corrected chi connectivity index (χ3v) is 5.14. The molecule has 4 heteroatoms. The third-order valence-electron chi connectivity index (χ3n) is 5.14. The van der Waals surface area contributed by atoms with E-state index in [1.165, 1.54) is 32.1 Å². The molecule has 3 fully saturated rings. The summed E-state index contributed by atoms with van der Waals surface area (Å²) in [7, 11) is 1.93. The molecule has 20 heavy (non-hydrogen) atoms. The van der Waals surface area contributed by atoms with Crippen molar-refractivity contribution in [2.45, 2.75) is 46.0 Å². The summed E-state index contributed by atoms with van der Waals surface area (Å²) in [6.45, 7) is 8.17. The number of likely N-dealkylation sites (tertiary alicyclic amines) is 1. The van der Waals surface area contributed by atoms with E-state index in [0.29, 0.717) is 5.41 Å². The topological polar surface area (TPSA) is 27.6 Å². The molecule has 2 saturated carbocycles. The van der Waals surface area contributed by atoms with Gasteiger partial charge in [-0.05, 0) is 55.3 Å². The standard InChI is InChI=1S/C16H29N3.HI/c1-16(2)8-9-19(11-16)15(17-3)18-10-14(12-4-5-12)13-6-7-13;/h12-14H,4-11H2,1-3H3,(H,17,18);1H. The van der Waals surface area contributed by atoms with E-state index in [0.717, 1.165) is 43.3 Å². The maximum Gasteiger partial charge on any atom is 0.193 e. The van der Waals surface area contributed by atoms with Gasteiger partial charge in [0.2, 0.25) is 0 Å². The van der Waals surface area contributed by atoms with Crippen LogP contribution in [0.1, 0.15) is 46.0 Å². The van der Waals surface area contributed by atoms with E-state index in [-0.39, 0.29) is 24.0 Å². The van der Waals surface area contributed by atoms with Crippen molar-refractivity contribution in [3.63, 3.8) is 0 Å². The van der Waals surface area contributed by atoms with Crippen LogP contribution in [-0.4, -0.2) is 37.5 Å². The molecule has 0 radical (unpaired) electrons. The van der Waals surface area contributed by atoms with Gasteiger partial charge in [0.05, 0.1) is 0 Å². The Balaban J connectivity index is 0.00000147. The van der Waals surface area contributed by atoms with Crippen LogP contribution in [0.5, 0.6) is 0 Å². The fraction of sp³-hybridized carbons (Fsp3) is 0.938. The average molecular weight is 391 g/mol. The Morgan fingerprint density at radius 3 is 2.25 bits per heavy atom. The number of nitrogens with zero attached hydrogens (tertiary/aromatic N) is 2. The Morgan fingerprint density at radius 1 is 1.25 bits per heavy atom. The van der Waals surface area contributed by atoms with Crippen LogP contribution in [0, 0.1) is 23.2 Å². The van der Waals surface area contributed by atoms with Gasteiger partial charge in [-0.3, -0.25) is 4.99 Å². The summed E-state index contributed by atoms with van der Waals surface area (Å²) in [5.41, 5.74) is 0.448. The fourth-order valence-corrected chi connectivity index (χ4v) is 3.60. The molecule has 1 N–H and O–H groups in total. The van der Waals surface area contributed by atoms with E-state index in [1.54, 1.807) is 0 Å². The quantitative estimate of drug-likeness (QED) is 0.452. The zero-order valence-corrected chi connectivity index (χ0v) is 15.5. The normalized spacial score (nSPS) is 25.8. The van der Waals surface area contributed by atoms with Crippen molar-refractivity contribution in [3.8, 4) is 0 Å². The minimum Gasteiger partial charge on any atom is -0.356 e. The SMILES string of the molecule is CN=C(NCC(C1CC1)C1CC1)N1CCC(C)(C)C1.I. The van der Waals surface area contributed by atoms with Gasteiger partial charge in [-0.25, -0.2) is 0 Å². The summed E-state index contributed by atoms with van der Waals surface area (Å²) < 4.78 is 0. The third kappa shape index (κ3) is 4.01. The summed E-state index contributed by atoms with van der Waals surface area (Å²) in [6, 6.07) is 0. The summed E-state index contributed by atoms with van der Waals surface area (Å²) in [4.78, 5) is 6.94. The van der Waals surface area contributed by atoms with Crippen LogP contribution in [-0.2, 0) is 0 Å². The Bertz CT molecular complexity index is 347. The highest BCUT2D eigenvalue weighted by atomic mass is 127. The first-order valence-corrected chi connectivity index (χ1v) is 8.05. The maximum atomic E-state index is 4.50. The number of halogens is 1. The average Bonchev–Trinajstić information content (AvgIpc) is 3.24. The van der Waals surface area contributed by atoms with Crippen molar-refractivity contribution < 1.29 is 0 Å². The van der Waals surface area contributed by atoms with Gasteiger partial charge in [-0.2, -0.15) is 0 Å². The number of guanidine groups is 1. The molecule has 116 valence electrons. The van der Waals surface area contributed by atoms with Gasteiger partial charge in [0.15, 0.2) is 5.96 Å². The van der Waals surface area contributed by atoms with Crippen LogP contribution in [0.25, 0.3) is 0 Å². The minimum atomic E-state index is 0. The molecule has 0 unspecified atom stereocenters. The Hall–Kier alpha value is 0. The van der Waals surface area contributed by atoms with Gasteiger partial charge >= 0.3 is 0 Å². The first kappa shape index (κ1) is 16.4. The molecule has 0 aromatic rings. The van der Waals surface area contributed by atoms with Gasteiger partial charge in [0.1, 0.15) is 0 Å². The number of hydrogen-bond donors (Lipinski definition) is 1. The van der Waals surface area contributed by atoms with Gasteiger partial charge in [0.25, 0.3) is 0 Å². The van der Waals surface area contributed by atoms with Gasteiger partial charge in [0, 0.05) is 26.7 Å². The predicted octanol–water partition coefficient (Wildman–Crippen LogP) is 3.35. The van der Waals surface area contributed by atoms with Crippen LogP contribution >= 0.6 is 24.0 Å². The highest BCUT2D eigenvalue weighted by molar-refractivity contribution is 14.0. The van der Waals surface area contributed by atoms with Crippen molar-refractivity contribution in [2.75, 3.05) is 26.7 Å². The number of rotatable bonds is 4. The molecule has 0 aromatic heterocycles. The van der Waals surface area contributed by atoms with E-state index in [2.05, 4.69) is 29.1 Å². The van der Waals surface area contributed by atoms with E-state index in [1.807, 2.05) is 7.05 Å². The molecule has 0 spiro atoms. The molecule has 3 aliphatic rings. The predicted molar refractivity (Wildman–Crippen MR) is 95.7 cm³/mol. The van der Waals surface area contributed by atoms with E-state index < -0.39 is 0 Å². The molecular formula is C16H30IN3. The molecule has 1 aliphatic heterocycles. The second-order valence-electron chi connectivity index (χ2n) is 7.60. The van der Waals surface area contributed by atoms with Crippen LogP contribution in [0.4, 0.5) is 0 Å². The molecular weight excluding hydrogens is 361 g/mol. The van der Waals surface area contributed by atoms with E-state index in [4.69, 9.17) is 0 Å². The second kappa shape index (κ2) is 6.41. The lowest BCUT2D eigenvalue weighted by molar-refractivity contribution is 0.359. The smallest absolute Gasteiger partial charge is 0.193 e. The van der Waals surface area contributed by atoms with E-state index >= 15 is 0 Å². The van der Waals surface area contributed by atoms with Crippen molar-refractivity contribution in [3.05, 3.63) is 0 Å². The summed E-state index contributed by atoms with van der Waals surface area (Å²) >= 11 is 0. The zero-order valence-electron chi connectivity index (χ0n) is 13.2. The van der Waals surface area contributed by atoms with Crippen molar-refractivity contribution in [2.24, 2.45) is 28.2 Å². The lowest BCUT2D eigenvalue weighted by Gasteiger charge is -2.25. The fourth-order valence-electron chi connectivity index (χ4n) is 3.60. The van der Waals surface area contributed by atoms with Crippen molar-refractivity contribution in [1.82, 2.24) is 10.2 Å². The molecule has 0 atom stereocenters. The molecule has 0 amide bonds. The Labute approximate surface area is 141 Å². The molecule has 1 heterocycles. The summed E-state index contributed by atoms with van der Waals surface area (Å²) in [5.74, 6) is 4.10. The lowest BCUT2D eigenvalue weighted by atomic mass is 9.93. The Morgan fingerprint density at radius 2 is 1.85 bits per heavy atom. The van der Waals surface area contributed by atoms with Crippen molar-refractivity contribution >= 4 is 29.9 Å². The lowest BCUT2D eigenvalue weighted by Crippen LogP contribution is -2.43. The molecule has 0 bridgehead atoms. The molecule has 3 rings (SSSR count). The highest BCUT2D eigenvalue weighted by Crippen LogP contribution is 2.48. The van der Waals surface area contributed by atoms with Gasteiger partial charge < -0.3 is 10.2 Å². The first-order chi connectivity index (χ1) is 9.09. The Kier molecular flexibility index (Phi) is 5.24. The molecule has 0 aromatic carbocycles. The number of aliphatic imine (C=N–C) groups is 1. The summed E-state index contributed by atoms with van der Waals surface area (Å²) in [5, 5.41) is 3.67. The summed E-state index contributed by atoms with van der Waals surface area (Å²) in [6.07, 6.45) is 7.16. The van der Waals surface area contributed by atoms with Crippen LogP contribution in [0.3, 0.4) is 0 Å². The maximum absolute atomic E-state index is 4.50.